The normalized spacial score (nSPS) is 10.6. The Morgan fingerprint density at radius 1 is 1.04 bits per heavy atom. The van der Waals surface area contributed by atoms with Gasteiger partial charge in [0.25, 0.3) is 5.91 Å². The minimum absolute atomic E-state index is 0.0995. The van der Waals surface area contributed by atoms with Crippen molar-refractivity contribution in [3.05, 3.63) is 76.8 Å². The van der Waals surface area contributed by atoms with Gasteiger partial charge in [0.1, 0.15) is 5.75 Å². The number of benzene rings is 3. The van der Waals surface area contributed by atoms with E-state index in [4.69, 9.17) is 16.3 Å². The first-order valence-corrected chi connectivity index (χ1v) is 8.03. The van der Waals surface area contributed by atoms with E-state index in [0.29, 0.717) is 22.9 Å². The number of methoxy groups -OCH3 is 1. The molecule has 0 fully saturated rings. The van der Waals surface area contributed by atoms with Gasteiger partial charge in [-0.2, -0.15) is 0 Å². The molecule has 0 radical (unpaired) electrons. The van der Waals surface area contributed by atoms with Crippen LogP contribution in [0.4, 0.5) is 0 Å². The molecule has 0 atom stereocenters. The number of carbonyl (C=O) groups excluding carboxylic acids is 1. The van der Waals surface area contributed by atoms with Crippen molar-refractivity contribution in [3.63, 3.8) is 0 Å². The van der Waals surface area contributed by atoms with Gasteiger partial charge in [-0.15, -0.1) is 0 Å². The Kier molecular flexibility index (Phi) is 4.72. The minimum atomic E-state index is -0.0995. The van der Waals surface area contributed by atoms with E-state index in [1.54, 1.807) is 19.1 Å². The summed E-state index contributed by atoms with van der Waals surface area (Å²) in [5.41, 5.74) is 1.46. The quantitative estimate of drug-likeness (QED) is 0.685. The van der Waals surface area contributed by atoms with E-state index in [-0.39, 0.29) is 5.91 Å². The van der Waals surface area contributed by atoms with Crippen LogP contribution in [0.1, 0.15) is 15.9 Å². The molecule has 122 valence electrons. The first kappa shape index (κ1) is 16.3. The van der Waals surface area contributed by atoms with Crippen LogP contribution >= 0.6 is 11.6 Å². The lowest BCUT2D eigenvalue weighted by atomic mass is 10.0. The first-order valence-electron chi connectivity index (χ1n) is 7.66. The fourth-order valence-electron chi connectivity index (χ4n) is 2.71. The molecule has 0 aliphatic heterocycles. The lowest BCUT2D eigenvalue weighted by Gasteiger charge is -2.20. The number of hydrogen-bond donors (Lipinski definition) is 0. The summed E-state index contributed by atoms with van der Waals surface area (Å²) in [5.74, 6) is 0.474. The average molecular weight is 340 g/mol. The van der Waals surface area contributed by atoms with Gasteiger partial charge in [-0.1, -0.05) is 54.1 Å². The fourth-order valence-corrected chi connectivity index (χ4v) is 2.91. The molecule has 0 aliphatic rings. The van der Waals surface area contributed by atoms with Gasteiger partial charge in [0.05, 0.1) is 12.7 Å². The molecule has 0 aromatic heterocycles. The molecule has 0 saturated carbocycles. The number of amides is 1. The van der Waals surface area contributed by atoms with Gasteiger partial charge in [0.15, 0.2) is 0 Å². The molecule has 3 nitrogen and oxygen atoms in total. The van der Waals surface area contributed by atoms with Gasteiger partial charge in [-0.3, -0.25) is 4.79 Å². The molecule has 0 aliphatic carbocycles. The van der Waals surface area contributed by atoms with Gasteiger partial charge in [0, 0.05) is 18.6 Å². The Morgan fingerprint density at radius 3 is 2.33 bits per heavy atom. The highest BCUT2D eigenvalue weighted by Crippen LogP contribution is 2.27. The maximum atomic E-state index is 12.9. The second-order valence-corrected chi connectivity index (χ2v) is 6.06. The van der Waals surface area contributed by atoms with Crippen molar-refractivity contribution in [2.75, 3.05) is 14.2 Å². The van der Waals surface area contributed by atoms with Crippen molar-refractivity contribution >= 4 is 28.3 Å². The summed E-state index contributed by atoms with van der Waals surface area (Å²) in [4.78, 5) is 14.5. The van der Waals surface area contributed by atoms with Crippen LogP contribution in [0, 0.1) is 0 Å². The van der Waals surface area contributed by atoms with Crippen molar-refractivity contribution in [2.24, 2.45) is 0 Å². The Bertz CT molecular complexity index is 892. The molecule has 0 unspecified atom stereocenters. The summed E-state index contributed by atoms with van der Waals surface area (Å²) in [7, 11) is 3.34. The number of halogens is 1. The van der Waals surface area contributed by atoms with E-state index in [1.807, 2.05) is 60.7 Å². The van der Waals surface area contributed by atoms with Gasteiger partial charge >= 0.3 is 0 Å². The van der Waals surface area contributed by atoms with Crippen molar-refractivity contribution < 1.29 is 9.53 Å². The summed E-state index contributed by atoms with van der Waals surface area (Å²) in [6.07, 6.45) is 0. The largest absolute Gasteiger partial charge is 0.496 e. The standard InChI is InChI=1S/C20H18ClNO2/c1-22(13-16-9-5-6-10-18(16)21)20(23)17-11-14-7-3-4-8-15(14)12-19(17)24-2/h3-12H,13H2,1-2H3. The van der Waals surface area contributed by atoms with Crippen LogP contribution in [0.5, 0.6) is 5.75 Å². The molecule has 4 heteroatoms. The number of rotatable bonds is 4. The summed E-state index contributed by atoms with van der Waals surface area (Å²) in [5, 5.41) is 2.70. The molecule has 0 heterocycles. The molecule has 0 N–H and O–H groups in total. The summed E-state index contributed by atoms with van der Waals surface area (Å²) in [6, 6.07) is 19.2. The van der Waals surface area contributed by atoms with E-state index < -0.39 is 0 Å². The highest BCUT2D eigenvalue weighted by molar-refractivity contribution is 6.31. The molecule has 0 saturated heterocycles. The number of carbonyl (C=O) groups is 1. The highest BCUT2D eigenvalue weighted by atomic mass is 35.5. The van der Waals surface area contributed by atoms with Crippen LogP contribution in [0.3, 0.4) is 0 Å². The second-order valence-electron chi connectivity index (χ2n) is 5.65. The van der Waals surface area contributed by atoms with Gasteiger partial charge in [-0.25, -0.2) is 0 Å². The zero-order chi connectivity index (χ0) is 17.1. The van der Waals surface area contributed by atoms with Crippen molar-refractivity contribution in [2.45, 2.75) is 6.54 Å². The molecule has 0 spiro atoms. The zero-order valence-electron chi connectivity index (χ0n) is 13.6. The van der Waals surface area contributed by atoms with Crippen LogP contribution in [0.25, 0.3) is 10.8 Å². The van der Waals surface area contributed by atoms with Crippen LogP contribution in [0.15, 0.2) is 60.7 Å². The number of hydrogen-bond acceptors (Lipinski definition) is 2. The Morgan fingerprint density at radius 2 is 1.67 bits per heavy atom. The molecule has 0 bridgehead atoms. The predicted octanol–water partition coefficient (Wildman–Crippen LogP) is 4.77. The van der Waals surface area contributed by atoms with E-state index in [2.05, 4.69) is 0 Å². The third-order valence-electron chi connectivity index (χ3n) is 4.01. The van der Waals surface area contributed by atoms with Gasteiger partial charge in [0.2, 0.25) is 0 Å². The number of ether oxygens (including phenoxy) is 1. The molecule has 3 aromatic rings. The van der Waals surface area contributed by atoms with Crippen LogP contribution in [-0.2, 0) is 6.54 Å². The predicted molar refractivity (Wildman–Crippen MR) is 97.7 cm³/mol. The molecule has 3 aromatic carbocycles. The molecule has 1 amide bonds. The van der Waals surface area contributed by atoms with Gasteiger partial charge < -0.3 is 9.64 Å². The smallest absolute Gasteiger partial charge is 0.257 e. The zero-order valence-corrected chi connectivity index (χ0v) is 14.4. The Labute approximate surface area is 146 Å². The highest BCUT2D eigenvalue weighted by Gasteiger charge is 2.18. The SMILES string of the molecule is COc1cc2ccccc2cc1C(=O)N(C)Cc1ccccc1Cl. The van der Waals surface area contributed by atoms with E-state index in [9.17, 15) is 4.79 Å². The van der Waals surface area contributed by atoms with Crippen LogP contribution < -0.4 is 4.74 Å². The molecular formula is C20H18ClNO2. The first-order chi connectivity index (χ1) is 11.6. The lowest BCUT2D eigenvalue weighted by molar-refractivity contribution is 0.0782. The van der Waals surface area contributed by atoms with Crippen molar-refractivity contribution in [3.8, 4) is 5.75 Å². The maximum Gasteiger partial charge on any atom is 0.257 e. The molecule has 3 rings (SSSR count). The van der Waals surface area contributed by atoms with E-state index in [0.717, 1.165) is 16.3 Å². The third kappa shape index (κ3) is 3.22. The molecule has 24 heavy (non-hydrogen) atoms. The minimum Gasteiger partial charge on any atom is -0.496 e. The Balaban J connectivity index is 1.94. The third-order valence-corrected chi connectivity index (χ3v) is 4.38. The monoisotopic (exact) mass is 339 g/mol. The van der Waals surface area contributed by atoms with E-state index in [1.165, 1.54) is 0 Å². The van der Waals surface area contributed by atoms with Crippen molar-refractivity contribution in [1.82, 2.24) is 4.90 Å². The number of fused-ring (bicyclic) bond motifs is 1. The van der Waals surface area contributed by atoms with Gasteiger partial charge in [-0.05, 0) is 34.5 Å². The summed E-state index contributed by atoms with van der Waals surface area (Å²) >= 11 is 6.19. The van der Waals surface area contributed by atoms with Crippen molar-refractivity contribution in [1.29, 1.82) is 0 Å². The summed E-state index contributed by atoms with van der Waals surface area (Å²) < 4.78 is 5.43. The average Bonchev–Trinajstić information content (AvgIpc) is 2.61. The molecular weight excluding hydrogens is 322 g/mol. The Hall–Kier alpha value is -2.52. The lowest BCUT2D eigenvalue weighted by Crippen LogP contribution is -2.26. The fraction of sp³-hybridized carbons (Fsp3) is 0.150. The number of nitrogens with zero attached hydrogens (tertiary/aromatic N) is 1. The van der Waals surface area contributed by atoms with Crippen LogP contribution in [-0.4, -0.2) is 25.0 Å². The van der Waals surface area contributed by atoms with Crippen LogP contribution in [0.2, 0.25) is 5.02 Å². The van der Waals surface area contributed by atoms with E-state index >= 15 is 0 Å². The topological polar surface area (TPSA) is 29.5 Å². The maximum absolute atomic E-state index is 12.9. The summed E-state index contributed by atoms with van der Waals surface area (Å²) in [6.45, 7) is 0.439. The second kappa shape index (κ2) is 6.93.